The molecule has 0 spiro atoms. The Balaban J connectivity index is 1.56. The number of benzene rings is 2. The van der Waals surface area contributed by atoms with Gasteiger partial charge in [-0.15, -0.1) is 10.2 Å². The zero-order valence-electron chi connectivity index (χ0n) is 16.9. The van der Waals surface area contributed by atoms with Crippen molar-refractivity contribution in [2.45, 2.75) is 12.8 Å². The first-order valence-corrected chi connectivity index (χ1v) is 12.3. The van der Waals surface area contributed by atoms with Crippen molar-refractivity contribution in [2.75, 3.05) is 29.5 Å². The third kappa shape index (κ3) is 6.39. The van der Waals surface area contributed by atoms with Crippen LogP contribution in [0.15, 0.2) is 48.5 Å². The first-order valence-electron chi connectivity index (χ1n) is 9.27. The van der Waals surface area contributed by atoms with E-state index < -0.39 is 10.0 Å². The average Bonchev–Trinajstić information content (AvgIpc) is 3.19. The SMILES string of the molecule is COc1ccc(-c2nnc(NC(=O)CCCN(c3ccc(Cl)cc3)S(C)(=O)=O)s2)cc1. The Morgan fingerprint density at radius 2 is 1.81 bits per heavy atom. The molecule has 31 heavy (non-hydrogen) atoms. The maximum atomic E-state index is 12.3. The van der Waals surface area contributed by atoms with E-state index in [0.717, 1.165) is 17.6 Å². The van der Waals surface area contributed by atoms with Crippen LogP contribution in [0, 0.1) is 0 Å². The maximum Gasteiger partial charge on any atom is 0.232 e. The summed E-state index contributed by atoms with van der Waals surface area (Å²) in [5.41, 5.74) is 1.37. The summed E-state index contributed by atoms with van der Waals surface area (Å²) in [6.07, 6.45) is 1.60. The summed E-state index contributed by atoms with van der Waals surface area (Å²) >= 11 is 7.13. The lowest BCUT2D eigenvalue weighted by Crippen LogP contribution is -2.31. The van der Waals surface area contributed by atoms with Gasteiger partial charge in [0.05, 0.1) is 19.1 Å². The Hall–Kier alpha value is -2.69. The number of hydrogen-bond donors (Lipinski definition) is 1. The first kappa shape index (κ1) is 23.0. The molecule has 1 aromatic heterocycles. The van der Waals surface area contributed by atoms with Crippen LogP contribution >= 0.6 is 22.9 Å². The summed E-state index contributed by atoms with van der Waals surface area (Å²) < 4.78 is 30.6. The zero-order valence-corrected chi connectivity index (χ0v) is 19.3. The van der Waals surface area contributed by atoms with E-state index >= 15 is 0 Å². The Bertz CT molecular complexity index is 1130. The molecule has 0 fully saturated rings. The van der Waals surface area contributed by atoms with Crippen LogP contribution in [0.5, 0.6) is 5.75 Å². The van der Waals surface area contributed by atoms with Crippen molar-refractivity contribution in [3.63, 3.8) is 0 Å². The number of aromatic nitrogens is 2. The van der Waals surface area contributed by atoms with Gasteiger partial charge in [-0.2, -0.15) is 0 Å². The third-order valence-corrected chi connectivity index (χ3v) is 6.62. The van der Waals surface area contributed by atoms with Crippen molar-refractivity contribution in [1.29, 1.82) is 0 Å². The highest BCUT2D eigenvalue weighted by molar-refractivity contribution is 7.92. The first-order chi connectivity index (χ1) is 14.8. The van der Waals surface area contributed by atoms with E-state index in [2.05, 4.69) is 15.5 Å². The molecule has 1 heterocycles. The van der Waals surface area contributed by atoms with Gasteiger partial charge in [0.1, 0.15) is 10.8 Å². The van der Waals surface area contributed by atoms with Gasteiger partial charge in [-0.05, 0) is 55.0 Å². The molecule has 164 valence electrons. The molecule has 0 aliphatic carbocycles. The minimum atomic E-state index is -3.49. The minimum absolute atomic E-state index is 0.136. The molecule has 0 unspecified atom stereocenters. The number of sulfonamides is 1. The number of ether oxygens (including phenoxy) is 1. The van der Waals surface area contributed by atoms with Crippen molar-refractivity contribution in [3.8, 4) is 16.3 Å². The lowest BCUT2D eigenvalue weighted by atomic mass is 10.2. The van der Waals surface area contributed by atoms with Crippen LogP contribution in [-0.4, -0.2) is 44.4 Å². The number of hydrogen-bond acceptors (Lipinski definition) is 7. The van der Waals surface area contributed by atoms with Crippen molar-refractivity contribution in [1.82, 2.24) is 10.2 Å². The third-order valence-electron chi connectivity index (χ3n) is 4.29. The number of carbonyl (C=O) groups is 1. The Morgan fingerprint density at radius 1 is 1.13 bits per heavy atom. The number of carbonyl (C=O) groups excluding carboxylic acids is 1. The second-order valence-corrected chi connectivity index (χ2v) is 9.92. The fourth-order valence-corrected chi connectivity index (χ4v) is 4.64. The van der Waals surface area contributed by atoms with Crippen LogP contribution < -0.4 is 14.4 Å². The number of halogens is 1. The summed E-state index contributed by atoms with van der Waals surface area (Å²) in [7, 11) is -1.90. The van der Waals surface area contributed by atoms with Gasteiger partial charge >= 0.3 is 0 Å². The normalized spacial score (nSPS) is 11.2. The number of amides is 1. The average molecular weight is 481 g/mol. The lowest BCUT2D eigenvalue weighted by Gasteiger charge is -2.22. The molecule has 1 amide bonds. The molecule has 11 heteroatoms. The van der Waals surface area contributed by atoms with Crippen molar-refractivity contribution in [3.05, 3.63) is 53.6 Å². The lowest BCUT2D eigenvalue weighted by molar-refractivity contribution is -0.116. The molecule has 0 saturated heterocycles. The highest BCUT2D eigenvalue weighted by Crippen LogP contribution is 2.28. The van der Waals surface area contributed by atoms with Gasteiger partial charge < -0.3 is 10.1 Å². The van der Waals surface area contributed by atoms with Gasteiger partial charge in [0.2, 0.25) is 21.1 Å². The second kappa shape index (κ2) is 10.1. The second-order valence-electron chi connectivity index (χ2n) is 6.60. The molecule has 0 bridgehead atoms. The van der Waals surface area contributed by atoms with Gasteiger partial charge in [-0.25, -0.2) is 8.42 Å². The molecule has 0 atom stereocenters. The molecule has 0 aliphatic heterocycles. The maximum absolute atomic E-state index is 12.3. The Morgan fingerprint density at radius 3 is 2.42 bits per heavy atom. The molecular weight excluding hydrogens is 460 g/mol. The van der Waals surface area contributed by atoms with Crippen molar-refractivity contribution in [2.24, 2.45) is 0 Å². The summed E-state index contributed by atoms with van der Waals surface area (Å²) in [6, 6.07) is 13.9. The van der Waals surface area contributed by atoms with Crippen LogP contribution in [0.4, 0.5) is 10.8 Å². The van der Waals surface area contributed by atoms with Crippen LogP contribution in [0.3, 0.4) is 0 Å². The molecule has 0 radical (unpaired) electrons. The number of methoxy groups -OCH3 is 1. The van der Waals surface area contributed by atoms with E-state index in [0.29, 0.717) is 27.3 Å². The van der Waals surface area contributed by atoms with E-state index in [4.69, 9.17) is 16.3 Å². The molecule has 3 aromatic rings. The number of nitrogens with zero attached hydrogens (tertiary/aromatic N) is 3. The van der Waals surface area contributed by atoms with E-state index in [9.17, 15) is 13.2 Å². The molecule has 2 aromatic carbocycles. The van der Waals surface area contributed by atoms with Gasteiger partial charge in [-0.1, -0.05) is 22.9 Å². The Kier molecular flexibility index (Phi) is 7.47. The van der Waals surface area contributed by atoms with Gasteiger partial charge in [0, 0.05) is 23.6 Å². The standard InChI is InChI=1S/C20H21ClN4O4S2/c1-29-17-11-5-14(6-12-17)19-23-24-20(30-19)22-18(26)4-3-13-25(31(2,27)28)16-9-7-15(21)8-10-16/h5-12H,3-4,13H2,1-2H3,(H,22,24,26). The molecule has 0 saturated carbocycles. The monoisotopic (exact) mass is 480 g/mol. The van der Waals surface area contributed by atoms with E-state index in [1.54, 1.807) is 31.4 Å². The Labute approximate surface area is 189 Å². The van der Waals surface area contributed by atoms with Crippen LogP contribution in [0.2, 0.25) is 5.02 Å². The van der Waals surface area contributed by atoms with E-state index in [1.807, 2.05) is 24.3 Å². The van der Waals surface area contributed by atoms with E-state index in [1.165, 1.54) is 15.6 Å². The number of rotatable bonds is 9. The van der Waals surface area contributed by atoms with Crippen molar-refractivity contribution >= 4 is 49.7 Å². The summed E-state index contributed by atoms with van der Waals surface area (Å²) in [5, 5.41) is 12.4. The fraction of sp³-hybridized carbons (Fsp3) is 0.250. The fourth-order valence-electron chi connectivity index (χ4n) is 2.78. The summed E-state index contributed by atoms with van der Waals surface area (Å²) in [4.78, 5) is 12.3. The van der Waals surface area contributed by atoms with Gasteiger partial charge in [0.25, 0.3) is 0 Å². The van der Waals surface area contributed by atoms with Gasteiger partial charge in [0.15, 0.2) is 0 Å². The number of nitrogens with one attached hydrogen (secondary N) is 1. The number of anilines is 2. The van der Waals surface area contributed by atoms with Crippen LogP contribution in [0.1, 0.15) is 12.8 Å². The summed E-state index contributed by atoms with van der Waals surface area (Å²) in [6.45, 7) is 0.168. The van der Waals surface area contributed by atoms with E-state index in [-0.39, 0.29) is 18.9 Å². The molecule has 3 rings (SSSR count). The summed E-state index contributed by atoms with van der Waals surface area (Å²) in [5.74, 6) is 0.477. The molecule has 1 N–H and O–H groups in total. The van der Waals surface area contributed by atoms with Crippen LogP contribution in [-0.2, 0) is 14.8 Å². The highest BCUT2D eigenvalue weighted by Gasteiger charge is 2.18. The minimum Gasteiger partial charge on any atom is -0.497 e. The zero-order chi connectivity index (χ0) is 22.4. The molecular formula is C20H21ClN4O4S2. The van der Waals surface area contributed by atoms with Gasteiger partial charge in [-0.3, -0.25) is 9.10 Å². The smallest absolute Gasteiger partial charge is 0.232 e. The molecule has 0 aliphatic rings. The topological polar surface area (TPSA) is 101 Å². The van der Waals surface area contributed by atoms with Crippen LogP contribution in [0.25, 0.3) is 10.6 Å². The molecule has 8 nitrogen and oxygen atoms in total. The predicted octanol–water partition coefficient (Wildman–Crippen LogP) is 4.05. The van der Waals surface area contributed by atoms with Crippen molar-refractivity contribution < 1.29 is 17.9 Å². The highest BCUT2D eigenvalue weighted by atomic mass is 35.5. The quantitative estimate of drug-likeness (QED) is 0.495. The predicted molar refractivity (Wildman–Crippen MR) is 123 cm³/mol. The largest absolute Gasteiger partial charge is 0.497 e.